The van der Waals surface area contributed by atoms with Crippen LogP contribution in [0.5, 0.6) is 11.5 Å². The number of rotatable bonds is 12. The van der Waals surface area contributed by atoms with Crippen LogP contribution in [0.25, 0.3) is 0 Å². The van der Waals surface area contributed by atoms with Gasteiger partial charge in [0.15, 0.2) is 0 Å². The molecule has 3 rings (SSSR count). The standard InChI is InChI=1S/C31H38ClN3O6S/c1-7-41-26-15-13-25(14-16-26)35(42(38,39)28-17-11-24(32)12-18-28)21-29(36)34(22(2)30(37)33-31(3,4)5)20-23-9-8-10-27(19-23)40-6/h8-19,22H,7,20-21H2,1-6H3,(H,33,37). The van der Waals surface area contributed by atoms with Crippen molar-refractivity contribution in [3.05, 3.63) is 83.4 Å². The molecule has 0 fully saturated rings. The molecule has 0 radical (unpaired) electrons. The minimum atomic E-state index is -4.22. The normalized spacial score (nSPS) is 12.3. The molecule has 3 aromatic carbocycles. The molecule has 0 bridgehead atoms. The second-order valence-electron chi connectivity index (χ2n) is 10.7. The van der Waals surface area contributed by atoms with E-state index in [-0.39, 0.29) is 23.0 Å². The summed E-state index contributed by atoms with van der Waals surface area (Å²) < 4.78 is 39.7. The van der Waals surface area contributed by atoms with Gasteiger partial charge in [-0.3, -0.25) is 13.9 Å². The van der Waals surface area contributed by atoms with E-state index in [0.29, 0.717) is 28.7 Å². The number of benzene rings is 3. The van der Waals surface area contributed by atoms with Crippen molar-refractivity contribution in [3.8, 4) is 11.5 Å². The van der Waals surface area contributed by atoms with Gasteiger partial charge < -0.3 is 19.7 Å². The summed E-state index contributed by atoms with van der Waals surface area (Å²) >= 11 is 6.01. The molecule has 1 N–H and O–H groups in total. The molecule has 1 unspecified atom stereocenters. The van der Waals surface area contributed by atoms with E-state index in [0.717, 1.165) is 4.31 Å². The van der Waals surface area contributed by atoms with E-state index >= 15 is 0 Å². The molecule has 42 heavy (non-hydrogen) atoms. The van der Waals surface area contributed by atoms with Crippen LogP contribution in [0.2, 0.25) is 5.02 Å². The van der Waals surface area contributed by atoms with Crippen LogP contribution in [0.15, 0.2) is 77.7 Å². The molecule has 0 aliphatic heterocycles. The van der Waals surface area contributed by atoms with Gasteiger partial charge in [0.05, 0.1) is 24.3 Å². The zero-order chi connectivity index (χ0) is 31.1. The fourth-order valence-corrected chi connectivity index (χ4v) is 5.70. The maximum atomic E-state index is 14.1. The highest BCUT2D eigenvalue weighted by molar-refractivity contribution is 7.92. The Morgan fingerprint density at radius 1 is 0.976 bits per heavy atom. The number of halogens is 1. The van der Waals surface area contributed by atoms with Crippen molar-refractivity contribution in [1.82, 2.24) is 10.2 Å². The molecule has 0 heterocycles. The summed E-state index contributed by atoms with van der Waals surface area (Å²) in [5.74, 6) is 0.212. The minimum absolute atomic E-state index is 0.0357. The average molecular weight is 616 g/mol. The zero-order valence-electron chi connectivity index (χ0n) is 24.8. The summed E-state index contributed by atoms with van der Waals surface area (Å²) in [6.45, 7) is 8.93. The summed E-state index contributed by atoms with van der Waals surface area (Å²) in [6, 6.07) is 18.4. The summed E-state index contributed by atoms with van der Waals surface area (Å²) in [6.07, 6.45) is 0. The second-order valence-corrected chi connectivity index (χ2v) is 13.0. The Labute approximate surface area is 253 Å². The molecule has 0 saturated carbocycles. The Bertz CT molecular complexity index is 1470. The van der Waals surface area contributed by atoms with Crippen LogP contribution in [0, 0.1) is 0 Å². The van der Waals surface area contributed by atoms with Crippen molar-refractivity contribution in [3.63, 3.8) is 0 Å². The van der Waals surface area contributed by atoms with Gasteiger partial charge in [0, 0.05) is 17.1 Å². The highest BCUT2D eigenvalue weighted by atomic mass is 35.5. The third-order valence-corrected chi connectivity index (χ3v) is 8.31. The summed E-state index contributed by atoms with van der Waals surface area (Å²) in [4.78, 5) is 28.6. The van der Waals surface area contributed by atoms with Gasteiger partial charge in [-0.1, -0.05) is 23.7 Å². The Kier molecular flexibility index (Phi) is 10.9. The first-order chi connectivity index (χ1) is 19.7. The molecule has 0 aliphatic carbocycles. The van der Waals surface area contributed by atoms with Crippen molar-refractivity contribution < 1.29 is 27.5 Å². The first-order valence-electron chi connectivity index (χ1n) is 13.5. The highest BCUT2D eigenvalue weighted by Gasteiger charge is 2.33. The molecule has 226 valence electrons. The van der Waals surface area contributed by atoms with Gasteiger partial charge in [-0.25, -0.2) is 8.42 Å². The molecule has 0 spiro atoms. The van der Waals surface area contributed by atoms with Crippen molar-refractivity contribution in [1.29, 1.82) is 0 Å². The van der Waals surface area contributed by atoms with Crippen LogP contribution in [0.4, 0.5) is 5.69 Å². The van der Waals surface area contributed by atoms with E-state index in [4.69, 9.17) is 21.1 Å². The van der Waals surface area contributed by atoms with Gasteiger partial charge in [-0.15, -0.1) is 0 Å². The molecular weight excluding hydrogens is 578 g/mol. The number of sulfonamides is 1. The monoisotopic (exact) mass is 615 g/mol. The maximum absolute atomic E-state index is 14.1. The van der Waals surface area contributed by atoms with E-state index in [1.807, 2.05) is 33.8 Å². The third-order valence-electron chi connectivity index (χ3n) is 6.27. The van der Waals surface area contributed by atoms with E-state index in [9.17, 15) is 18.0 Å². The first kappa shape index (κ1) is 32.8. The Morgan fingerprint density at radius 2 is 1.62 bits per heavy atom. The lowest BCUT2D eigenvalue weighted by Gasteiger charge is -2.33. The van der Waals surface area contributed by atoms with E-state index in [2.05, 4.69) is 5.32 Å². The lowest BCUT2D eigenvalue weighted by molar-refractivity contribution is -0.140. The number of carbonyl (C=O) groups is 2. The number of carbonyl (C=O) groups excluding carboxylic acids is 2. The smallest absolute Gasteiger partial charge is 0.264 e. The fourth-order valence-electron chi connectivity index (χ4n) is 4.16. The number of nitrogens with one attached hydrogen (secondary N) is 1. The van der Waals surface area contributed by atoms with E-state index in [1.165, 1.54) is 36.3 Å². The zero-order valence-corrected chi connectivity index (χ0v) is 26.3. The highest BCUT2D eigenvalue weighted by Crippen LogP contribution is 2.27. The molecule has 1 atom stereocenters. The average Bonchev–Trinajstić information content (AvgIpc) is 2.94. The SMILES string of the molecule is CCOc1ccc(N(CC(=O)N(Cc2cccc(OC)c2)C(C)C(=O)NC(C)(C)C)S(=O)(=O)c2ccc(Cl)cc2)cc1. The maximum Gasteiger partial charge on any atom is 0.264 e. The molecule has 0 saturated heterocycles. The van der Waals surface area contributed by atoms with Crippen LogP contribution in [-0.2, 0) is 26.2 Å². The van der Waals surface area contributed by atoms with Crippen molar-refractivity contribution in [2.75, 3.05) is 24.6 Å². The topological polar surface area (TPSA) is 105 Å². The molecule has 2 amide bonds. The van der Waals surface area contributed by atoms with E-state index in [1.54, 1.807) is 49.4 Å². The summed E-state index contributed by atoms with van der Waals surface area (Å²) in [5, 5.41) is 3.29. The number of nitrogens with zero attached hydrogens (tertiary/aromatic N) is 2. The summed E-state index contributed by atoms with van der Waals surface area (Å²) in [5.41, 5.74) is 0.434. The molecule has 0 aliphatic rings. The van der Waals surface area contributed by atoms with Gasteiger partial charge in [-0.05, 0) is 101 Å². The largest absolute Gasteiger partial charge is 0.497 e. The van der Waals surface area contributed by atoms with Crippen LogP contribution in [-0.4, -0.2) is 57.0 Å². The number of amides is 2. The molecule has 11 heteroatoms. The Hall–Kier alpha value is -3.76. The Morgan fingerprint density at radius 3 is 2.19 bits per heavy atom. The van der Waals surface area contributed by atoms with Crippen molar-refractivity contribution in [2.45, 2.75) is 57.6 Å². The molecule has 3 aromatic rings. The first-order valence-corrected chi connectivity index (χ1v) is 15.3. The second kappa shape index (κ2) is 13.9. The molecular formula is C31H38ClN3O6S. The van der Waals surface area contributed by atoms with Crippen molar-refractivity contribution in [2.24, 2.45) is 0 Å². The van der Waals surface area contributed by atoms with Gasteiger partial charge in [-0.2, -0.15) is 0 Å². The van der Waals surface area contributed by atoms with Crippen LogP contribution in [0.1, 0.15) is 40.2 Å². The van der Waals surface area contributed by atoms with Crippen LogP contribution >= 0.6 is 11.6 Å². The predicted molar refractivity (Wildman–Crippen MR) is 164 cm³/mol. The van der Waals surface area contributed by atoms with Crippen molar-refractivity contribution >= 4 is 39.1 Å². The minimum Gasteiger partial charge on any atom is -0.497 e. The van der Waals surface area contributed by atoms with E-state index < -0.39 is 34.1 Å². The fraction of sp³-hybridized carbons (Fsp3) is 0.355. The number of methoxy groups -OCH3 is 1. The number of hydrogen-bond acceptors (Lipinski definition) is 6. The van der Waals surface area contributed by atoms with Gasteiger partial charge in [0.1, 0.15) is 24.1 Å². The third kappa shape index (κ3) is 8.62. The quantitative estimate of drug-likeness (QED) is 0.297. The molecule has 9 nitrogen and oxygen atoms in total. The van der Waals surface area contributed by atoms with Crippen LogP contribution < -0.4 is 19.1 Å². The van der Waals surface area contributed by atoms with Crippen LogP contribution in [0.3, 0.4) is 0 Å². The number of anilines is 1. The lowest BCUT2D eigenvalue weighted by atomic mass is 10.1. The van der Waals surface area contributed by atoms with Gasteiger partial charge in [0.2, 0.25) is 11.8 Å². The lowest BCUT2D eigenvalue weighted by Crippen LogP contribution is -2.54. The number of ether oxygens (including phenoxy) is 2. The predicted octanol–water partition coefficient (Wildman–Crippen LogP) is 5.27. The molecule has 0 aromatic heterocycles. The Balaban J connectivity index is 2.05. The number of hydrogen-bond donors (Lipinski definition) is 1. The van der Waals surface area contributed by atoms with Gasteiger partial charge >= 0.3 is 0 Å². The van der Waals surface area contributed by atoms with Gasteiger partial charge in [0.25, 0.3) is 10.0 Å². The summed E-state index contributed by atoms with van der Waals surface area (Å²) in [7, 11) is -2.68.